The molecule has 1 aromatic heterocycles. The normalized spacial score (nSPS) is 22.9. The summed E-state index contributed by atoms with van der Waals surface area (Å²) in [6, 6.07) is 1.51. The molecule has 2 saturated heterocycles. The summed E-state index contributed by atoms with van der Waals surface area (Å²) in [5.74, 6) is -0.164. The minimum atomic E-state index is -3.58. The molecule has 2 aliphatic heterocycles. The van der Waals surface area contributed by atoms with E-state index in [1.54, 1.807) is 4.90 Å². The van der Waals surface area contributed by atoms with Gasteiger partial charge in [-0.2, -0.15) is 4.31 Å². The number of nitrogens with zero attached hydrogens (tertiary/aromatic N) is 2. The molecule has 1 atom stereocenters. The highest BCUT2D eigenvalue weighted by Crippen LogP contribution is 2.19. The van der Waals surface area contributed by atoms with Crippen LogP contribution in [0, 0.1) is 0 Å². The minimum Gasteiger partial charge on any atom is -0.379 e. The Kier molecular flexibility index (Phi) is 6.27. The van der Waals surface area contributed by atoms with E-state index in [-0.39, 0.29) is 29.3 Å². The van der Waals surface area contributed by atoms with Crippen molar-refractivity contribution in [3.63, 3.8) is 0 Å². The number of aromatic nitrogens is 1. The van der Waals surface area contributed by atoms with Gasteiger partial charge in [0, 0.05) is 45.0 Å². The summed E-state index contributed by atoms with van der Waals surface area (Å²) in [5, 5.41) is 3.22. The van der Waals surface area contributed by atoms with Crippen LogP contribution in [0.15, 0.2) is 17.2 Å². The van der Waals surface area contributed by atoms with Gasteiger partial charge in [-0.1, -0.05) is 0 Å². The summed E-state index contributed by atoms with van der Waals surface area (Å²) in [6.45, 7) is 5.54. The zero-order valence-electron chi connectivity index (χ0n) is 13.5. The Morgan fingerprint density at radius 3 is 2.67 bits per heavy atom. The first kappa shape index (κ1) is 19.2. The Morgan fingerprint density at radius 1 is 1.29 bits per heavy atom. The summed E-state index contributed by atoms with van der Waals surface area (Å²) in [5.41, 5.74) is 0.311. The largest absolute Gasteiger partial charge is 0.379 e. The molecular weight excluding hydrogens is 356 g/mol. The number of hydrogen-bond acceptors (Lipinski definition) is 5. The van der Waals surface area contributed by atoms with E-state index in [0.717, 1.165) is 13.1 Å². The van der Waals surface area contributed by atoms with Gasteiger partial charge in [0.15, 0.2) is 0 Å². The van der Waals surface area contributed by atoms with Gasteiger partial charge >= 0.3 is 0 Å². The van der Waals surface area contributed by atoms with Crippen molar-refractivity contribution in [2.45, 2.75) is 17.9 Å². The molecule has 2 aliphatic rings. The van der Waals surface area contributed by atoms with Crippen LogP contribution in [0.1, 0.15) is 17.4 Å². The molecule has 2 N–H and O–H groups in total. The molecule has 0 bridgehead atoms. The fraction of sp³-hybridized carbons (Fsp3) is 0.643. The van der Waals surface area contributed by atoms with Crippen molar-refractivity contribution < 1.29 is 17.9 Å². The van der Waals surface area contributed by atoms with Crippen LogP contribution in [0.4, 0.5) is 0 Å². The average molecular weight is 379 g/mol. The molecule has 24 heavy (non-hydrogen) atoms. The molecule has 1 aromatic rings. The number of amides is 1. The lowest BCUT2D eigenvalue weighted by Gasteiger charge is -2.33. The zero-order chi connectivity index (χ0) is 16.4. The van der Waals surface area contributed by atoms with Crippen LogP contribution in [0.5, 0.6) is 0 Å². The average Bonchev–Trinajstić information content (AvgIpc) is 3.06. The van der Waals surface area contributed by atoms with Crippen molar-refractivity contribution in [3.05, 3.63) is 18.0 Å². The molecule has 1 amide bonds. The van der Waals surface area contributed by atoms with E-state index in [4.69, 9.17) is 4.74 Å². The van der Waals surface area contributed by atoms with Crippen LogP contribution in [-0.2, 0) is 14.8 Å². The lowest BCUT2D eigenvalue weighted by atomic mass is 10.2. The number of carbonyl (C=O) groups is 1. The highest BCUT2D eigenvalue weighted by Gasteiger charge is 2.30. The number of piperazine rings is 1. The Hall–Kier alpha value is -1.13. The first-order valence-electron chi connectivity index (χ1n) is 7.78. The van der Waals surface area contributed by atoms with Crippen molar-refractivity contribution in [2.75, 3.05) is 45.9 Å². The van der Waals surface area contributed by atoms with Crippen LogP contribution in [0.2, 0.25) is 0 Å². The molecule has 10 heteroatoms. The number of sulfonamides is 1. The maximum absolute atomic E-state index is 12.6. The van der Waals surface area contributed by atoms with Crippen LogP contribution in [-0.4, -0.2) is 80.5 Å². The molecule has 0 saturated carbocycles. The highest BCUT2D eigenvalue weighted by molar-refractivity contribution is 7.89. The SMILES string of the molecule is C[C@H]1CNCCN1C(=O)c1cc(S(=O)(=O)N2CCOCC2)c[nH]1.Cl. The van der Waals surface area contributed by atoms with E-state index in [2.05, 4.69) is 10.3 Å². The van der Waals surface area contributed by atoms with Crippen molar-refractivity contribution in [1.29, 1.82) is 0 Å². The van der Waals surface area contributed by atoms with Crippen LogP contribution in [0.25, 0.3) is 0 Å². The van der Waals surface area contributed by atoms with Gasteiger partial charge in [-0.05, 0) is 13.0 Å². The number of rotatable bonds is 3. The lowest BCUT2D eigenvalue weighted by Crippen LogP contribution is -2.52. The molecule has 0 spiro atoms. The smallest absolute Gasteiger partial charge is 0.270 e. The molecular formula is C14H23ClN4O4S. The summed E-state index contributed by atoms with van der Waals surface area (Å²) >= 11 is 0. The monoisotopic (exact) mass is 378 g/mol. The minimum absolute atomic E-state index is 0. The standard InChI is InChI=1S/C14H22N4O4S.ClH/c1-11-9-15-2-3-18(11)14(19)13-8-12(10-16-13)23(20,21)17-4-6-22-7-5-17;/h8,10-11,15-16H,2-7,9H2,1H3;1H/t11-;/m0./s1. The van der Waals surface area contributed by atoms with E-state index in [1.807, 2.05) is 6.92 Å². The molecule has 3 rings (SSSR count). The van der Waals surface area contributed by atoms with Crippen molar-refractivity contribution in [2.24, 2.45) is 0 Å². The summed E-state index contributed by atoms with van der Waals surface area (Å²) in [6.07, 6.45) is 1.39. The Labute approximate surface area is 148 Å². The molecule has 0 aromatic carbocycles. The summed E-state index contributed by atoms with van der Waals surface area (Å²) in [4.78, 5) is 17.3. The van der Waals surface area contributed by atoms with Gasteiger partial charge < -0.3 is 19.9 Å². The van der Waals surface area contributed by atoms with Gasteiger partial charge in [0.2, 0.25) is 10.0 Å². The quantitative estimate of drug-likeness (QED) is 0.765. The van der Waals surface area contributed by atoms with Gasteiger partial charge in [0.25, 0.3) is 5.91 Å². The molecule has 8 nitrogen and oxygen atoms in total. The highest BCUT2D eigenvalue weighted by atomic mass is 35.5. The lowest BCUT2D eigenvalue weighted by molar-refractivity contribution is 0.0650. The first-order chi connectivity index (χ1) is 11.0. The topological polar surface area (TPSA) is 94.7 Å². The number of aromatic amines is 1. The predicted molar refractivity (Wildman–Crippen MR) is 91.0 cm³/mol. The van der Waals surface area contributed by atoms with Crippen LogP contribution in [0.3, 0.4) is 0 Å². The second kappa shape index (κ2) is 7.83. The van der Waals surface area contributed by atoms with Gasteiger partial charge in [-0.15, -0.1) is 12.4 Å². The summed E-state index contributed by atoms with van der Waals surface area (Å²) in [7, 11) is -3.58. The van der Waals surface area contributed by atoms with Crippen molar-refractivity contribution in [3.8, 4) is 0 Å². The van der Waals surface area contributed by atoms with Gasteiger partial charge in [-0.3, -0.25) is 4.79 Å². The molecule has 0 unspecified atom stereocenters. The van der Waals surface area contributed by atoms with Gasteiger partial charge in [0.1, 0.15) is 10.6 Å². The van der Waals surface area contributed by atoms with Crippen molar-refractivity contribution >= 4 is 28.3 Å². The Morgan fingerprint density at radius 2 is 2.00 bits per heavy atom. The molecule has 0 radical (unpaired) electrons. The predicted octanol–water partition coefficient (Wildman–Crippen LogP) is -0.109. The van der Waals surface area contributed by atoms with E-state index < -0.39 is 10.0 Å². The van der Waals surface area contributed by atoms with E-state index in [9.17, 15) is 13.2 Å². The van der Waals surface area contributed by atoms with Crippen LogP contribution >= 0.6 is 12.4 Å². The fourth-order valence-electron chi connectivity index (χ4n) is 2.88. The van der Waals surface area contributed by atoms with E-state index in [0.29, 0.717) is 38.5 Å². The first-order valence-corrected chi connectivity index (χ1v) is 9.22. The van der Waals surface area contributed by atoms with Gasteiger partial charge in [0.05, 0.1) is 13.2 Å². The third-order valence-electron chi connectivity index (χ3n) is 4.26. The number of halogens is 1. The second-order valence-electron chi connectivity index (χ2n) is 5.82. The Balaban J connectivity index is 0.00000208. The fourth-order valence-corrected chi connectivity index (χ4v) is 4.28. The van der Waals surface area contributed by atoms with E-state index >= 15 is 0 Å². The molecule has 3 heterocycles. The zero-order valence-corrected chi connectivity index (χ0v) is 15.2. The number of morpholine rings is 1. The number of carbonyl (C=O) groups excluding carboxylic acids is 1. The second-order valence-corrected chi connectivity index (χ2v) is 7.76. The number of ether oxygens (including phenoxy) is 1. The van der Waals surface area contributed by atoms with Gasteiger partial charge in [-0.25, -0.2) is 8.42 Å². The maximum atomic E-state index is 12.6. The molecule has 0 aliphatic carbocycles. The number of hydrogen-bond donors (Lipinski definition) is 2. The molecule has 2 fully saturated rings. The third-order valence-corrected chi connectivity index (χ3v) is 6.13. The third kappa shape index (κ3) is 3.75. The number of nitrogens with one attached hydrogen (secondary N) is 2. The molecule has 136 valence electrons. The maximum Gasteiger partial charge on any atom is 0.270 e. The van der Waals surface area contributed by atoms with Crippen molar-refractivity contribution in [1.82, 2.24) is 19.5 Å². The summed E-state index contributed by atoms with van der Waals surface area (Å²) < 4.78 is 31.7. The Bertz CT molecular complexity index is 672. The van der Waals surface area contributed by atoms with E-state index in [1.165, 1.54) is 16.6 Å². The van der Waals surface area contributed by atoms with Crippen LogP contribution < -0.4 is 5.32 Å². The number of H-pyrrole nitrogens is 1.